The van der Waals surface area contributed by atoms with Gasteiger partial charge in [0.2, 0.25) is 5.89 Å². The summed E-state index contributed by atoms with van der Waals surface area (Å²) >= 11 is 0. The highest BCUT2D eigenvalue weighted by Gasteiger charge is 2.28. The lowest BCUT2D eigenvalue weighted by molar-refractivity contribution is 0.423. The molecule has 4 rings (SSSR count). The molecule has 0 fully saturated rings. The van der Waals surface area contributed by atoms with Gasteiger partial charge in [-0.3, -0.25) is 4.98 Å². The molecule has 0 radical (unpaired) electrons. The van der Waals surface area contributed by atoms with Crippen LogP contribution in [0.5, 0.6) is 5.75 Å². The van der Waals surface area contributed by atoms with Gasteiger partial charge in [0.25, 0.3) is 0 Å². The summed E-state index contributed by atoms with van der Waals surface area (Å²) in [6.45, 7) is 12.7. The van der Waals surface area contributed by atoms with E-state index in [9.17, 15) is 5.11 Å². The van der Waals surface area contributed by atoms with Crippen molar-refractivity contribution >= 4 is 18.1 Å². The number of rotatable bonds is 5. The first-order valence-corrected chi connectivity index (χ1v) is 12.4. The van der Waals surface area contributed by atoms with E-state index in [2.05, 4.69) is 75.7 Å². The Labute approximate surface area is 227 Å². The molecule has 0 unspecified atom stereocenters. The van der Waals surface area contributed by atoms with Gasteiger partial charge in [-0.25, -0.2) is 4.98 Å². The Bertz CT molecular complexity index is 1310. The Balaban J connectivity index is 0.00000380. The lowest BCUT2D eigenvalue weighted by atomic mass is 9.78. The lowest BCUT2D eigenvalue weighted by Crippen LogP contribution is -2.17. The van der Waals surface area contributed by atoms with Crippen molar-refractivity contribution in [2.45, 2.75) is 58.8 Å². The van der Waals surface area contributed by atoms with Crippen LogP contribution in [0.4, 0.5) is 5.69 Å². The van der Waals surface area contributed by atoms with Gasteiger partial charge in [-0.15, -0.1) is 12.4 Å². The molecule has 0 spiro atoms. The largest absolute Gasteiger partial charge is 0.507 e. The van der Waals surface area contributed by atoms with Crippen molar-refractivity contribution in [2.75, 3.05) is 19.0 Å². The van der Waals surface area contributed by atoms with E-state index in [0.29, 0.717) is 18.1 Å². The number of hydrogen-bond donors (Lipinski definition) is 1. The molecule has 5 nitrogen and oxygen atoms in total. The molecule has 0 saturated heterocycles. The van der Waals surface area contributed by atoms with Gasteiger partial charge in [0.15, 0.2) is 0 Å². The molecule has 0 amide bonds. The highest BCUT2D eigenvalue weighted by Crippen LogP contribution is 2.42. The molecule has 4 aromatic rings. The zero-order valence-electron chi connectivity index (χ0n) is 23.1. The highest BCUT2D eigenvalue weighted by atomic mass is 35.5. The molecule has 37 heavy (non-hydrogen) atoms. The smallest absolute Gasteiger partial charge is 0.226 e. The number of pyridine rings is 1. The van der Waals surface area contributed by atoms with Gasteiger partial charge in [0.05, 0.1) is 0 Å². The number of benzene rings is 2. The summed E-state index contributed by atoms with van der Waals surface area (Å²) < 4.78 is 6.48. The number of phenolic OH excluding ortho intramolecular Hbond substituents is 1. The number of aromatic nitrogens is 2. The Kier molecular flexibility index (Phi) is 8.09. The van der Waals surface area contributed by atoms with E-state index in [0.717, 1.165) is 45.0 Å². The van der Waals surface area contributed by atoms with Gasteiger partial charge in [-0.1, -0.05) is 59.7 Å². The minimum Gasteiger partial charge on any atom is -0.507 e. The maximum Gasteiger partial charge on any atom is 0.226 e. The maximum absolute atomic E-state index is 11.2. The third kappa shape index (κ3) is 6.16. The summed E-state index contributed by atoms with van der Waals surface area (Å²) in [5, 5.41) is 11.2. The maximum atomic E-state index is 11.2. The number of hydrogen-bond acceptors (Lipinski definition) is 5. The summed E-state index contributed by atoms with van der Waals surface area (Å²) in [6, 6.07) is 16.4. The monoisotopic (exact) mass is 519 g/mol. The fourth-order valence-corrected chi connectivity index (χ4v) is 4.33. The summed E-state index contributed by atoms with van der Waals surface area (Å²) in [7, 11) is 4.06. The second-order valence-corrected chi connectivity index (χ2v) is 11.7. The first-order chi connectivity index (χ1) is 16.8. The second kappa shape index (κ2) is 10.6. The average molecular weight is 520 g/mol. The molecule has 0 aliphatic heterocycles. The first-order valence-electron chi connectivity index (χ1n) is 12.4. The van der Waals surface area contributed by atoms with Gasteiger partial charge in [0.1, 0.15) is 17.2 Å². The molecule has 2 aromatic carbocycles. The normalized spacial score (nSPS) is 11.8. The Morgan fingerprint density at radius 2 is 1.46 bits per heavy atom. The van der Waals surface area contributed by atoms with E-state index in [1.54, 1.807) is 6.20 Å². The SMILES string of the molecule is CN(C)c1ccc(-c2nc(-c3cc(C(C)(C)C)c(O)c(C(C)(C)C)c3)oc2Cc2cccnc2)cc1.Cl. The molecule has 2 aromatic heterocycles. The molecule has 6 heteroatoms. The van der Waals surface area contributed by atoms with Crippen molar-refractivity contribution in [2.24, 2.45) is 0 Å². The summed E-state index contributed by atoms with van der Waals surface area (Å²) in [5.74, 6) is 1.69. The Hall–Kier alpha value is -3.31. The van der Waals surface area contributed by atoms with E-state index in [4.69, 9.17) is 9.40 Å². The quantitative estimate of drug-likeness (QED) is 0.291. The average Bonchev–Trinajstić information content (AvgIpc) is 3.22. The van der Waals surface area contributed by atoms with E-state index in [-0.39, 0.29) is 23.2 Å². The fraction of sp³-hybridized carbons (Fsp3) is 0.355. The van der Waals surface area contributed by atoms with Crippen LogP contribution in [0.2, 0.25) is 0 Å². The Morgan fingerprint density at radius 3 is 1.95 bits per heavy atom. The molecule has 196 valence electrons. The van der Waals surface area contributed by atoms with Crippen molar-refractivity contribution < 1.29 is 9.52 Å². The fourth-order valence-electron chi connectivity index (χ4n) is 4.33. The van der Waals surface area contributed by atoms with Crippen LogP contribution in [-0.4, -0.2) is 29.2 Å². The summed E-state index contributed by atoms with van der Waals surface area (Å²) in [5.41, 5.74) is 6.16. The van der Waals surface area contributed by atoms with Gasteiger partial charge in [-0.2, -0.15) is 0 Å². The van der Waals surface area contributed by atoms with Gasteiger partial charge in [0, 0.05) is 60.9 Å². The number of anilines is 1. The van der Waals surface area contributed by atoms with Gasteiger partial charge < -0.3 is 14.4 Å². The Morgan fingerprint density at radius 1 is 0.865 bits per heavy atom. The summed E-state index contributed by atoms with van der Waals surface area (Å²) in [4.78, 5) is 11.4. The van der Waals surface area contributed by atoms with Crippen LogP contribution < -0.4 is 4.90 Å². The van der Waals surface area contributed by atoms with Crippen molar-refractivity contribution in [3.05, 3.63) is 83.4 Å². The third-order valence-corrected chi connectivity index (χ3v) is 6.41. The molecule has 0 aliphatic rings. The van der Waals surface area contributed by atoms with Crippen LogP contribution in [0.3, 0.4) is 0 Å². The van der Waals surface area contributed by atoms with Crippen LogP contribution >= 0.6 is 12.4 Å². The van der Waals surface area contributed by atoms with Crippen molar-refractivity contribution in [3.63, 3.8) is 0 Å². The van der Waals surface area contributed by atoms with Crippen molar-refractivity contribution in [1.29, 1.82) is 0 Å². The van der Waals surface area contributed by atoms with Crippen molar-refractivity contribution in [1.82, 2.24) is 9.97 Å². The van der Waals surface area contributed by atoms with Crippen molar-refractivity contribution in [3.8, 4) is 28.5 Å². The van der Waals surface area contributed by atoms with Crippen LogP contribution in [0.25, 0.3) is 22.7 Å². The number of halogens is 1. The van der Waals surface area contributed by atoms with Crippen LogP contribution in [0.15, 0.2) is 65.3 Å². The van der Waals surface area contributed by atoms with E-state index >= 15 is 0 Å². The van der Waals surface area contributed by atoms with Gasteiger partial charge in [-0.05, 0) is 46.7 Å². The minimum absolute atomic E-state index is 0. The molecule has 2 heterocycles. The first kappa shape index (κ1) is 28.3. The van der Waals surface area contributed by atoms with Crippen LogP contribution in [0, 0.1) is 0 Å². The van der Waals surface area contributed by atoms with E-state index in [1.165, 1.54) is 0 Å². The minimum atomic E-state index is -0.240. The lowest BCUT2D eigenvalue weighted by Gasteiger charge is -2.27. The molecular weight excluding hydrogens is 482 g/mol. The second-order valence-electron chi connectivity index (χ2n) is 11.7. The molecule has 0 aliphatic carbocycles. The van der Waals surface area contributed by atoms with Gasteiger partial charge >= 0.3 is 0 Å². The number of oxazole rings is 1. The zero-order chi connectivity index (χ0) is 26.3. The third-order valence-electron chi connectivity index (χ3n) is 6.41. The summed E-state index contributed by atoms with van der Waals surface area (Å²) in [6.07, 6.45) is 4.22. The van der Waals surface area contributed by atoms with Crippen LogP contribution in [0.1, 0.15) is 64.0 Å². The molecule has 0 saturated carbocycles. The molecular formula is C31H38ClN3O2. The van der Waals surface area contributed by atoms with Crippen LogP contribution in [-0.2, 0) is 17.3 Å². The van der Waals surface area contributed by atoms with E-state index < -0.39 is 0 Å². The number of nitrogens with zero attached hydrogens (tertiary/aromatic N) is 3. The zero-order valence-corrected chi connectivity index (χ0v) is 23.9. The predicted molar refractivity (Wildman–Crippen MR) is 155 cm³/mol. The standard InChI is InChI=1S/C31H37N3O2.ClH/c1-30(2,3)24-17-22(18-25(28(24)35)31(4,5)6)29-33-27(21-11-13-23(14-12-21)34(7)8)26(36-29)16-20-10-9-15-32-19-20;/h9-15,17-19,35H,16H2,1-8H3;1H. The predicted octanol–water partition coefficient (Wildman–Crippen LogP) is 7.78. The molecule has 1 N–H and O–H groups in total. The van der Waals surface area contributed by atoms with E-state index in [1.807, 2.05) is 44.6 Å². The highest BCUT2D eigenvalue weighted by molar-refractivity contribution is 5.85. The topological polar surface area (TPSA) is 62.4 Å². The number of aromatic hydroxyl groups is 1. The number of phenols is 1. The molecule has 0 atom stereocenters. The molecule has 0 bridgehead atoms.